The van der Waals surface area contributed by atoms with E-state index in [1.54, 1.807) is 0 Å². The maximum Gasteiger partial charge on any atom is 0.226 e. The van der Waals surface area contributed by atoms with Gasteiger partial charge in [-0.3, -0.25) is 4.79 Å². The summed E-state index contributed by atoms with van der Waals surface area (Å²) in [5.41, 5.74) is 2.24. The summed E-state index contributed by atoms with van der Waals surface area (Å²) in [6.07, 6.45) is 7.17. The van der Waals surface area contributed by atoms with Crippen LogP contribution in [-0.2, 0) is 4.79 Å². The van der Waals surface area contributed by atoms with Crippen LogP contribution in [0.2, 0.25) is 5.02 Å². The van der Waals surface area contributed by atoms with Crippen LogP contribution < -0.4 is 5.32 Å². The van der Waals surface area contributed by atoms with E-state index in [2.05, 4.69) is 10.4 Å². The van der Waals surface area contributed by atoms with Crippen LogP contribution in [0.1, 0.15) is 55.2 Å². The normalized spacial score (nSPS) is 21.7. The van der Waals surface area contributed by atoms with Crippen LogP contribution in [0.3, 0.4) is 0 Å². The van der Waals surface area contributed by atoms with Crippen LogP contribution in [0.4, 0.5) is 5.82 Å². The molecule has 2 heterocycles. The summed E-state index contributed by atoms with van der Waals surface area (Å²) >= 11 is 5.97. The Kier molecular flexibility index (Phi) is 3.41. The summed E-state index contributed by atoms with van der Waals surface area (Å²) in [5.74, 6) is 1.02. The molecule has 22 heavy (non-hydrogen) atoms. The molecule has 2 aliphatic rings. The quantitative estimate of drug-likeness (QED) is 0.906. The zero-order valence-electron chi connectivity index (χ0n) is 12.3. The number of amides is 1. The molecule has 1 saturated carbocycles. The van der Waals surface area contributed by atoms with E-state index in [9.17, 15) is 4.79 Å². The Hall–Kier alpha value is -1.81. The number of fused-ring (bicyclic) bond motifs is 1. The molecule has 1 N–H and O–H groups in total. The number of hydrogen-bond donors (Lipinski definition) is 1. The smallest absolute Gasteiger partial charge is 0.226 e. The lowest BCUT2D eigenvalue weighted by atomic mass is 9.87. The monoisotopic (exact) mass is 315 g/mol. The second-order valence-corrected chi connectivity index (χ2v) is 6.62. The molecular weight excluding hydrogens is 298 g/mol. The Morgan fingerprint density at radius 2 is 1.91 bits per heavy atom. The van der Waals surface area contributed by atoms with E-state index >= 15 is 0 Å². The summed E-state index contributed by atoms with van der Waals surface area (Å²) in [7, 11) is 0. The van der Waals surface area contributed by atoms with Crippen LogP contribution in [0.5, 0.6) is 0 Å². The Morgan fingerprint density at radius 3 is 2.64 bits per heavy atom. The maximum absolute atomic E-state index is 12.2. The lowest BCUT2D eigenvalue weighted by Gasteiger charge is -2.25. The second kappa shape index (κ2) is 5.43. The van der Waals surface area contributed by atoms with E-state index < -0.39 is 0 Å². The summed E-state index contributed by atoms with van der Waals surface area (Å²) in [6, 6.07) is 8.19. The number of rotatable bonds is 2. The van der Waals surface area contributed by atoms with Gasteiger partial charge in [-0.25, -0.2) is 4.68 Å². The van der Waals surface area contributed by atoms with Gasteiger partial charge in [0.05, 0.1) is 12.2 Å². The third-order valence-corrected chi connectivity index (χ3v) is 5.04. The molecule has 1 aromatic heterocycles. The average molecular weight is 316 g/mol. The molecular formula is C17H18ClN3O. The topological polar surface area (TPSA) is 46.9 Å². The summed E-state index contributed by atoms with van der Waals surface area (Å²) in [4.78, 5) is 12.2. The van der Waals surface area contributed by atoms with E-state index in [1.165, 1.54) is 12.8 Å². The predicted octanol–water partition coefficient (Wildman–Crippen LogP) is 4.13. The molecule has 0 bridgehead atoms. The van der Waals surface area contributed by atoms with Gasteiger partial charge in [0, 0.05) is 22.9 Å². The number of carbonyl (C=O) groups excluding carboxylic acids is 1. The molecule has 114 valence electrons. The highest BCUT2D eigenvalue weighted by atomic mass is 35.5. The number of halogens is 1. The van der Waals surface area contributed by atoms with Crippen molar-refractivity contribution in [2.45, 2.75) is 44.1 Å². The number of carbonyl (C=O) groups is 1. The van der Waals surface area contributed by atoms with E-state index in [-0.39, 0.29) is 11.8 Å². The number of anilines is 1. The minimum absolute atomic E-state index is 0.0622. The fraction of sp³-hybridized carbons (Fsp3) is 0.412. The second-order valence-electron chi connectivity index (χ2n) is 6.19. The lowest BCUT2D eigenvalue weighted by molar-refractivity contribution is -0.116. The minimum atomic E-state index is 0.0622. The molecule has 4 rings (SSSR count). The first kappa shape index (κ1) is 13.8. The third-order valence-electron chi connectivity index (χ3n) is 4.79. The van der Waals surface area contributed by atoms with E-state index in [1.807, 2.05) is 35.1 Å². The van der Waals surface area contributed by atoms with Crippen molar-refractivity contribution in [2.24, 2.45) is 0 Å². The molecule has 4 nitrogen and oxygen atoms in total. The zero-order chi connectivity index (χ0) is 15.1. The molecule has 0 spiro atoms. The maximum atomic E-state index is 12.2. The van der Waals surface area contributed by atoms with Crippen LogP contribution in [0.15, 0.2) is 30.5 Å². The van der Waals surface area contributed by atoms with Crippen molar-refractivity contribution in [3.8, 4) is 0 Å². The summed E-state index contributed by atoms with van der Waals surface area (Å²) < 4.78 is 2.03. The first-order chi connectivity index (χ1) is 10.7. The fourth-order valence-electron chi connectivity index (χ4n) is 3.66. The highest BCUT2D eigenvalue weighted by Gasteiger charge is 2.32. The van der Waals surface area contributed by atoms with Crippen molar-refractivity contribution in [1.29, 1.82) is 0 Å². The lowest BCUT2D eigenvalue weighted by Crippen LogP contribution is -2.25. The average Bonchev–Trinajstić information content (AvgIpc) is 3.15. The molecule has 1 aliphatic carbocycles. The molecule has 0 radical (unpaired) electrons. The van der Waals surface area contributed by atoms with Gasteiger partial charge in [-0.2, -0.15) is 5.10 Å². The Bertz CT molecular complexity index is 701. The van der Waals surface area contributed by atoms with Gasteiger partial charge in [-0.1, -0.05) is 36.6 Å². The van der Waals surface area contributed by atoms with Gasteiger partial charge in [0.15, 0.2) is 0 Å². The van der Waals surface area contributed by atoms with Gasteiger partial charge in [0.25, 0.3) is 0 Å². The first-order valence-corrected chi connectivity index (χ1v) is 8.23. The Morgan fingerprint density at radius 1 is 1.18 bits per heavy atom. The molecule has 1 aliphatic heterocycles. The van der Waals surface area contributed by atoms with Gasteiger partial charge >= 0.3 is 0 Å². The Balaban J connectivity index is 1.74. The zero-order valence-corrected chi connectivity index (χ0v) is 13.0. The largest absolute Gasteiger partial charge is 0.311 e. The van der Waals surface area contributed by atoms with E-state index in [0.717, 1.165) is 29.8 Å². The number of benzene rings is 1. The van der Waals surface area contributed by atoms with Gasteiger partial charge in [-0.05, 0) is 30.5 Å². The van der Waals surface area contributed by atoms with Crippen molar-refractivity contribution < 1.29 is 4.79 Å². The van der Waals surface area contributed by atoms with E-state index in [4.69, 9.17) is 11.6 Å². The van der Waals surface area contributed by atoms with Crippen molar-refractivity contribution in [3.05, 3.63) is 46.6 Å². The SMILES string of the molecule is O=C1C[C@H](c2ccc(Cl)cc2)c2cnn(C3CCCC3)c2N1. The van der Waals surface area contributed by atoms with Crippen molar-refractivity contribution in [3.63, 3.8) is 0 Å². The van der Waals surface area contributed by atoms with Crippen LogP contribution in [-0.4, -0.2) is 15.7 Å². The molecule has 1 fully saturated rings. The van der Waals surface area contributed by atoms with Crippen molar-refractivity contribution >= 4 is 23.3 Å². The third kappa shape index (κ3) is 2.31. The number of nitrogens with zero attached hydrogens (tertiary/aromatic N) is 2. The molecule has 1 amide bonds. The van der Waals surface area contributed by atoms with Gasteiger partial charge in [0.1, 0.15) is 5.82 Å². The molecule has 5 heteroatoms. The first-order valence-electron chi connectivity index (χ1n) is 7.85. The number of hydrogen-bond acceptors (Lipinski definition) is 2. The Labute approximate surface area is 134 Å². The molecule has 1 aromatic carbocycles. The minimum Gasteiger partial charge on any atom is -0.311 e. The number of aromatic nitrogens is 2. The fourth-order valence-corrected chi connectivity index (χ4v) is 3.78. The van der Waals surface area contributed by atoms with Gasteiger partial charge in [-0.15, -0.1) is 0 Å². The predicted molar refractivity (Wildman–Crippen MR) is 86.3 cm³/mol. The van der Waals surface area contributed by atoms with Gasteiger partial charge in [0.2, 0.25) is 5.91 Å². The number of nitrogens with one attached hydrogen (secondary N) is 1. The highest BCUT2D eigenvalue weighted by molar-refractivity contribution is 6.30. The molecule has 2 aromatic rings. The van der Waals surface area contributed by atoms with Crippen LogP contribution in [0, 0.1) is 0 Å². The highest BCUT2D eigenvalue weighted by Crippen LogP contribution is 2.40. The van der Waals surface area contributed by atoms with E-state index in [0.29, 0.717) is 17.5 Å². The molecule has 1 atom stereocenters. The van der Waals surface area contributed by atoms with Gasteiger partial charge < -0.3 is 5.32 Å². The van der Waals surface area contributed by atoms with Crippen molar-refractivity contribution in [2.75, 3.05) is 5.32 Å². The summed E-state index contributed by atoms with van der Waals surface area (Å²) in [6.45, 7) is 0. The summed E-state index contributed by atoms with van der Waals surface area (Å²) in [5, 5.41) is 8.33. The molecule has 0 unspecified atom stereocenters. The van der Waals surface area contributed by atoms with Crippen LogP contribution >= 0.6 is 11.6 Å². The molecule has 0 saturated heterocycles. The van der Waals surface area contributed by atoms with Crippen LogP contribution in [0.25, 0.3) is 0 Å². The van der Waals surface area contributed by atoms with Crippen molar-refractivity contribution in [1.82, 2.24) is 9.78 Å². The standard InChI is InChI=1S/C17H18ClN3O/c18-12-7-5-11(6-8-12)14-9-16(22)20-17-15(14)10-19-21(17)13-3-1-2-4-13/h5-8,10,13-14H,1-4,9H2,(H,20,22)/t14-/m1/s1.